The van der Waals surface area contributed by atoms with Gasteiger partial charge in [-0.25, -0.2) is 0 Å². The minimum absolute atomic E-state index is 0.113. The normalized spacial score (nSPS) is 13.7. The number of hydrogen-bond donors (Lipinski definition) is 1. The Balaban J connectivity index is 1.72. The van der Waals surface area contributed by atoms with Gasteiger partial charge in [-0.2, -0.15) is 0 Å². The Morgan fingerprint density at radius 3 is 2.78 bits per heavy atom. The van der Waals surface area contributed by atoms with Crippen LogP contribution in [0.2, 0.25) is 5.02 Å². The molecule has 1 aliphatic heterocycles. The van der Waals surface area contributed by atoms with Crippen LogP contribution in [-0.4, -0.2) is 18.9 Å². The molecule has 2 amide bonds. The summed E-state index contributed by atoms with van der Waals surface area (Å²) < 4.78 is 0. The molecule has 0 atom stereocenters. The summed E-state index contributed by atoms with van der Waals surface area (Å²) in [5.41, 5.74) is 3.52. The molecular weight excluding hydrogens is 312 g/mol. The first-order chi connectivity index (χ1) is 11.0. The van der Waals surface area contributed by atoms with Crippen molar-refractivity contribution in [3.05, 3.63) is 58.6 Å². The van der Waals surface area contributed by atoms with Crippen LogP contribution < -0.4 is 10.2 Å². The highest BCUT2D eigenvalue weighted by molar-refractivity contribution is 6.31. The minimum atomic E-state index is -0.113. The van der Waals surface area contributed by atoms with Crippen molar-refractivity contribution in [1.29, 1.82) is 0 Å². The van der Waals surface area contributed by atoms with Gasteiger partial charge >= 0.3 is 0 Å². The quantitative estimate of drug-likeness (QED) is 0.938. The van der Waals surface area contributed by atoms with Gasteiger partial charge in [0.1, 0.15) is 0 Å². The number of nitrogens with zero attached hydrogens (tertiary/aromatic N) is 1. The summed E-state index contributed by atoms with van der Waals surface area (Å²) in [5.74, 6) is 0.00583. The highest BCUT2D eigenvalue weighted by atomic mass is 35.5. The molecule has 2 aromatic carbocycles. The topological polar surface area (TPSA) is 49.4 Å². The summed E-state index contributed by atoms with van der Waals surface area (Å²) in [6.45, 7) is 0. The molecule has 0 radical (unpaired) electrons. The number of benzene rings is 2. The second-order valence-electron chi connectivity index (χ2n) is 5.61. The van der Waals surface area contributed by atoms with Gasteiger partial charge in [-0.15, -0.1) is 0 Å². The first kappa shape index (κ1) is 15.6. The first-order valence-corrected chi connectivity index (χ1v) is 7.85. The Hall–Kier alpha value is -2.33. The standard InChI is InChI=1S/C18H17ClN2O2/c1-21-16-8-7-14(10-13(16)6-9-18(21)23)20-17(22)11-12-4-2-3-5-15(12)19/h2-5,7-8,10H,6,9,11H2,1H3,(H,20,22). The number of carbonyl (C=O) groups is 2. The maximum atomic E-state index is 12.2. The molecule has 0 spiro atoms. The molecule has 0 bridgehead atoms. The van der Waals surface area contributed by atoms with Crippen molar-refractivity contribution in [1.82, 2.24) is 0 Å². The van der Waals surface area contributed by atoms with E-state index in [-0.39, 0.29) is 18.2 Å². The van der Waals surface area contributed by atoms with Crippen LogP contribution in [0.4, 0.5) is 11.4 Å². The Bertz CT molecular complexity index is 773. The minimum Gasteiger partial charge on any atom is -0.326 e. The summed E-state index contributed by atoms with van der Waals surface area (Å²) in [4.78, 5) is 25.5. The number of aryl methyl sites for hydroxylation is 1. The van der Waals surface area contributed by atoms with Crippen molar-refractivity contribution in [2.75, 3.05) is 17.3 Å². The van der Waals surface area contributed by atoms with Gasteiger partial charge in [-0.1, -0.05) is 29.8 Å². The number of rotatable bonds is 3. The smallest absolute Gasteiger partial charge is 0.228 e. The fourth-order valence-corrected chi connectivity index (χ4v) is 2.96. The molecule has 3 rings (SSSR count). The lowest BCUT2D eigenvalue weighted by Crippen LogP contribution is -2.31. The van der Waals surface area contributed by atoms with Crippen molar-refractivity contribution < 1.29 is 9.59 Å². The zero-order chi connectivity index (χ0) is 16.4. The van der Waals surface area contributed by atoms with Crippen molar-refractivity contribution in [2.24, 2.45) is 0 Å². The third kappa shape index (κ3) is 3.37. The van der Waals surface area contributed by atoms with E-state index >= 15 is 0 Å². The molecule has 0 saturated heterocycles. The number of hydrogen-bond acceptors (Lipinski definition) is 2. The average molecular weight is 329 g/mol. The summed E-state index contributed by atoms with van der Waals surface area (Å²) in [5, 5.41) is 3.48. The molecule has 0 unspecified atom stereocenters. The molecule has 23 heavy (non-hydrogen) atoms. The van der Waals surface area contributed by atoms with Gasteiger partial charge in [0, 0.05) is 29.9 Å². The Morgan fingerprint density at radius 2 is 2.00 bits per heavy atom. The third-order valence-electron chi connectivity index (χ3n) is 4.02. The van der Waals surface area contributed by atoms with E-state index in [1.807, 2.05) is 36.4 Å². The lowest BCUT2D eigenvalue weighted by Gasteiger charge is -2.26. The van der Waals surface area contributed by atoms with Crippen LogP contribution in [0, 0.1) is 0 Å². The average Bonchev–Trinajstić information content (AvgIpc) is 2.53. The molecule has 118 valence electrons. The Kier molecular flexibility index (Phi) is 4.35. The summed E-state index contributed by atoms with van der Waals surface area (Å²) in [7, 11) is 1.77. The monoisotopic (exact) mass is 328 g/mol. The maximum Gasteiger partial charge on any atom is 0.228 e. The number of fused-ring (bicyclic) bond motifs is 1. The van der Waals surface area contributed by atoms with E-state index in [0.29, 0.717) is 17.9 Å². The van der Waals surface area contributed by atoms with E-state index in [1.165, 1.54) is 0 Å². The third-order valence-corrected chi connectivity index (χ3v) is 4.38. The molecule has 1 aliphatic rings. The Labute approximate surface area is 140 Å². The van der Waals surface area contributed by atoms with E-state index in [2.05, 4.69) is 5.32 Å². The fraction of sp³-hybridized carbons (Fsp3) is 0.222. The fourth-order valence-electron chi connectivity index (χ4n) is 2.75. The summed E-state index contributed by atoms with van der Waals surface area (Å²) in [6, 6.07) is 12.9. The molecule has 1 N–H and O–H groups in total. The van der Waals surface area contributed by atoms with Crippen molar-refractivity contribution in [2.45, 2.75) is 19.3 Å². The van der Waals surface area contributed by atoms with Crippen LogP contribution in [0.5, 0.6) is 0 Å². The van der Waals surface area contributed by atoms with Crippen molar-refractivity contribution in [3.63, 3.8) is 0 Å². The zero-order valence-corrected chi connectivity index (χ0v) is 13.6. The molecule has 4 nitrogen and oxygen atoms in total. The summed E-state index contributed by atoms with van der Waals surface area (Å²) in [6.07, 6.45) is 1.43. The molecule has 1 heterocycles. The van der Waals surface area contributed by atoms with Crippen molar-refractivity contribution >= 4 is 34.8 Å². The van der Waals surface area contributed by atoms with Crippen LogP contribution in [0.25, 0.3) is 0 Å². The Morgan fingerprint density at radius 1 is 1.22 bits per heavy atom. The number of halogens is 1. The maximum absolute atomic E-state index is 12.2. The van der Waals surface area contributed by atoms with Crippen LogP contribution in [-0.2, 0) is 22.4 Å². The van der Waals surface area contributed by atoms with Gasteiger partial charge in [0.2, 0.25) is 11.8 Å². The SMILES string of the molecule is CN1C(=O)CCc2cc(NC(=O)Cc3ccccc3Cl)ccc21. The van der Waals surface area contributed by atoms with E-state index in [1.54, 1.807) is 18.0 Å². The number of carbonyl (C=O) groups excluding carboxylic acids is 2. The van der Waals surface area contributed by atoms with E-state index in [0.717, 1.165) is 22.5 Å². The molecule has 0 saturated carbocycles. The first-order valence-electron chi connectivity index (χ1n) is 7.47. The van der Waals surface area contributed by atoms with E-state index in [4.69, 9.17) is 11.6 Å². The van der Waals surface area contributed by atoms with Crippen molar-refractivity contribution in [3.8, 4) is 0 Å². The summed E-state index contributed by atoms with van der Waals surface area (Å²) >= 11 is 6.08. The van der Waals surface area contributed by atoms with Gasteiger partial charge in [-0.3, -0.25) is 9.59 Å². The predicted octanol–water partition coefficient (Wildman–Crippen LogP) is 3.43. The number of anilines is 2. The van der Waals surface area contributed by atoms with Crippen LogP contribution >= 0.6 is 11.6 Å². The largest absolute Gasteiger partial charge is 0.326 e. The predicted molar refractivity (Wildman–Crippen MR) is 92.0 cm³/mol. The van der Waals surface area contributed by atoms with E-state index < -0.39 is 0 Å². The van der Waals surface area contributed by atoms with Crippen LogP contribution in [0.3, 0.4) is 0 Å². The highest BCUT2D eigenvalue weighted by Gasteiger charge is 2.21. The highest BCUT2D eigenvalue weighted by Crippen LogP contribution is 2.29. The van der Waals surface area contributed by atoms with Crippen LogP contribution in [0.1, 0.15) is 17.5 Å². The van der Waals surface area contributed by atoms with Gasteiger partial charge in [0.25, 0.3) is 0 Å². The zero-order valence-electron chi connectivity index (χ0n) is 12.8. The molecule has 0 aromatic heterocycles. The van der Waals surface area contributed by atoms with E-state index in [9.17, 15) is 9.59 Å². The molecular formula is C18H17ClN2O2. The second-order valence-corrected chi connectivity index (χ2v) is 6.02. The second kappa shape index (κ2) is 6.42. The lowest BCUT2D eigenvalue weighted by molar-refractivity contribution is -0.118. The van der Waals surface area contributed by atoms with Gasteiger partial charge in [-0.05, 0) is 41.8 Å². The molecule has 0 aliphatic carbocycles. The number of amides is 2. The van der Waals surface area contributed by atoms with Crippen LogP contribution in [0.15, 0.2) is 42.5 Å². The lowest BCUT2D eigenvalue weighted by atomic mass is 10.0. The van der Waals surface area contributed by atoms with Gasteiger partial charge in [0.15, 0.2) is 0 Å². The molecule has 0 fully saturated rings. The number of nitrogens with one attached hydrogen (secondary N) is 1. The van der Waals surface area contributed by atoms with Gasteiger partial charge < -0.3 is 10.2 Å². The molecule has 5 heteroatoms. The van der Waals surface area contributed by atoms with Gasteiger partial charge in [0.05, 0.1) is 6.42 Å². The molecule has 2 aromatic rings.